The van der Waals surface area contributed by atoms with Crippen LogP contribution < -0.4 is 15.2 Å². The van der Waals surface area contributed by atoms with Crippen LogP contribution in [0.4, 0.5) is 0 Å². The molecule has 4 heteroatoms. The van der Waals surface area contributed by atoms with Crippen molar-refractivity contribution >= 4 is 0 Å². The number of hydrogen-bond acceptors (Lipinski definition) is 4. The molecular formula is C16H24N2O2. The minimum atomic E-state index is 0.0349. The Balaban J connectivity index is 1.71. The van der Waals surface area contributed by atoms with Crippen LogP contribution in [0.25, 0.3) is 0 Å². The molecule has 0 aliphatic carbocycles. The van der Waals surface area contributed by atoms with Crippen molar-refractivity contribution in [2.75, 3.05) is 26.3 Å². The fourth-order valence-corrected chi connectivity index (χ4v) is 3.03. The molecule has 2 unspecified atom stereocenters. The SMILES string of the molecule is CC1CCCN1CC(N)c1ccc2c(c1)OCCCO2. The van der Waals surface area contributed by atoms with E-state index in [-0.39, 0.29) is 6.04 Å². The summed E-state index contributed by atoms with van der Waals surface area (Å²) >= 11 is 0. The number of rotatable bonds is 3. The molecular weight excluding hydrogens is 252 g/mol. The summed E-state index contributed by atoms with van der Waals surface area (Å²) in [5.41, 5.74) is 7.50. The van der Waals surface area contributed by atoms with Crippen LogP contribution in [0.2, 0.25) is 0 Å². The van der Waals surface area contributed by atoms with Gasteiger partial charge in [0.1, 0.15) is 0 Å². The van der Waals surface area contributed by atoms with E-state index in [0.717, 1.165) is 43.2 Å². The van der Waals surface area contributed by atoms with E-state index in [1.807, 2.05) is 12.1 Å². The van der Waals surface area contributed by atoms with Crippen LogP contribution in [0, 0.1) is 0 Å². The highest BCUT2D eigenvalue weighted by atomic mass is 16.5. The number of hydrogen-bond donors (Lipinski definition) is 1. The molecule has 2 aliphatic heterocycles. The van der Waals surface area contributed by atoms with E-state index in [2.05, 4.69) is 17.9 Å². The van der Waals surface area contributed by atoms with E-state index in [1.165, 1.54) is 19.4 Å². The quantitative estimate of drug-likeness (QED) is 0.920. The average Bonchev–Trinajstić information content (AvgIpc) is 2.73. The van der Waals surface area contributed by atoms with Gasteiger partial charge in [0.25, 0.3) is 0 Å². The molecule has 20 heavy (non-hydrogen) atoms. The van der Waals surface area contributed by atoms with Gasteiger partial charge in [-0.3, -0.25) is 4.90 Å². The minimum Gasteiger partial charge on any atom is -0.490 e. The normalized spacial score (nSPS) is 24.4. The summed E-state index contributed by atoms with van der Waals surface area (Å²) in [5.74, 6) is 1.68. The van der Waals surface area contributed by atoms with Crippen molar-refractivity contribution in [3.8, 4) is 11.5 Å². The van der Waals surface area contributed by atoms with Crippen molar-refractivity contribution in [3.63, 3.8) is 0 Å². The standard InChI is InChI=1S/C16H24N2O2/c1-12-4-2-7-18(12)11-14(17)13-5-6-15-16(10-13)20-9-3-8-19-15/h5-6,10,12,14H,2-4,7-9,11,17H2,1H3. The van der Waals surface area contributed by atoms with E-state index >= 15 is 0 Å². The molecule has 0 amide bonds. The third-order valence-electron chi connectivity index (χ3n) is 4.32. The van der Waals surface area contributed by atoms with Gasteiger partial charge in [0.05, 0.1) is 13.2 Å². The van der Waals surface area contributed by atoms with Crippen LogP contribution in [0.3, 0.4) is 0 Å². The average molecular weight is 276 g/mol. The molecule has 1 saturated heterocycles. The number of fused-ring (bicyclic) bond motifs is 1. The Morgan fingerprint density at radius 3 is 2.80 bits per heavy atom. The number of ether oxygens (including phenoxy) is 2. The summed E-state index contributed by atoms with van der Waals surface area (Å²) in [5, 5.41) is 0. The van der Waals surface area contributed by atoms with Crippen molar-refractivity contribution in [1.82, 2.24) is 4.90 Å². The number of nitrogens with zero attached hydrogens (tertiary/aromatic N) is 1. The Hall–Kier alpha value is -1.26. The lowest BCUT2D eigenvalue weighted by molar-refractivity contribution is 0.252. The van der Waals surface area contributed by atoms with E-state index in [1.54, 1.807) is 0 Å². The van der Waals surface area contributed by atoms with Crippen molar-refractivity contribution in [1.29, 1.82) is 0 Å². The summed E-state index contributed by atoms with van der Waals surface area (Å²) < 4.78 is 11.4. The Bertz CT molecular complexity index is 464. The lowest BCUT2D eigenvalue weighted by Gasteiger charge is -2.25. The first kappa shape index (κ1) is 13.7. The lowest BCUT2D eigenvalue weighted by Crippen LogP contribution is -2.34. The van der Waals surface area contributed by atoms with Crippen LogP contribution in [-0.4, -0.2) is 37.2 Å². The van der Waals surface area contributed by atoms with Gasteiger partial charge in [-0.2, -0.15) is 0 Å². The van der Waals surface area contributed by atoms with Gasteiger partial charge >= 0.3 is 0 Å². The molecule has 2 heterocycles. The zero-order chi connectivity index (χ0) is 13.9. The van der Waals surface area contributed by atoms with Gasteiger partial charge in [0.15, 0.2) is 11.5 Å². The van der Waals surface area contributed by atoms with Crippen molar-refractivity contribution in [2.24, 2.45) is 5.73 Å². The summed E-state index contributed by atoms with van der Waals surface area (Å²) in [6, 6.07) is 6.79. The molecule has 2 atom stereocenters. The third kappa shape index (κ3) is 2.91. The second-order valence-electron chi connectivity index (χ2n) is 5.85. The van der Waals surface area contributed by atoms with Gasteiger partial charge in [0, 0.05) is 25.0 Å². The highest BCUT2D eigenvalue weighted by Crippen LogP contribution is 2.32. The molecule has 110 valence electrons. The van der Waals surface area contributed by atoms with Crippen LogP contribution in [0.1, 0.15) is 37.8 Å². The number of likely N-dealkylation sites (tertiary alicyclic amines) is 1. The maximum atomic E-state index is 6.37. The third-order valence-corrected chi connectivity index (χ3v) is 4.32. The van der Waals surface area contributed by atoms with Gasteiger partial charge < -0.3 is 15.2 Å². The maximum Gasteiger partial charge on any atom is 0.161 e. The summed E-state index contributed by atoms with van der Waals surface area (Å²) in [6.07, 6.45) is 3.50. The number of nitrogens with two attached hydrogens (primary N) is 1. The predicted molar refractivity (Wildman–Crippen MR) is 79.2 cm³/mol. The molecule has 2 aliphatic rings. The Kier molecular flexibility index (Phi) is 4.13. The first-order valence-electron chi connectivity index (χ1n) is 7.63. The smallest absolute Gasteiger partial charge is 0.161 e. The molecule has 0 aromatic heterocycles. The molecule has 0 saturated carbocycles. The molecule has 1 aromatic carbocycles. The lowest BCUT2D eigenvalue weighted by atomic mass is 10.1. The molecule has 3 rings (SSSR count). The summed E-state index contributed by atoms with van der Waals surface area (Å²) in [4.78, 5) is 2.48. The Morgan fingerprint density at radius 1 is 1.25 bits per heavy atom. The highest BCUT2D eigenvalue weighted by molar-refractivity contribution is 5.44. The monoisotopic (exact) mass is 276 g/mol. The van der Waals surface area contributed by atoms with Crippen LogP contribution in [0.5, 0.6) is 11.5 Å². The van der Waals surface area contributed by atoms with Gasteiger partial charge in [-0.15, -0.1) is 0 Å². The zero-order valence-corrected chi connectivity index (χ0v) is 12.2. The van der Waals surface area contributed by atoms with Crippen molar-refractivity contribution < 1.29 is 9.47 Å². The molecule has 2 N–H and O–H groups in total. The second kappa shape index (κ2) is 6.02. The van der Waals surface area contributed by atoms with E-state index in [0.29, 0.717) is 6.04 Å². The largest absolute Gasteiger partial charge is 0.490 e. The first-order chi connectivity index (χ1) is 9.74. The van der Waals surface area contributed by atoms with Crippen LogP contribution >= 0.6 is 0 Å². The molecule has 0 radical (unpaired) electrons. The summed E-state index contributed by atoms with van der Waals surface area (Å²) in [7, 11) is 0. The predicted octanol–water partition coefficient (Wildman–Crippen LogP) is 2.33. The van der Waals surface area contributed by atoms with Gasteiger partial charge in [-0.25, -0.2) is 0 Å². The fraction of sp³-hybridized carbons (Fsp3) is 0.625. The second-order valence-corrected chi connectivity index (χ2v) is 5.85. The van der Waals surface area contributed by atoms with E-state index < -0.39 is 0 Å². The molecule has 0 spiro atoms. The fourth-order valence-electron chi connectivity index (χ4n) is 3.03. The van der Waals surface area contributed by atoms with Gasteiger partial charge in [0.2, 0.25) is 0 Å². The molecule has 0 bridgehead atoms. The highest BCUT2D eigenvalue weighted by Gasteiger charge is 2.23. The number of benzene rings is 1. The maximum absolute atomic E-state index is 6.37. The van der Waals surface area contributed by atoms with Crippen LogP contribution in [0.15, 0.2) is 18.2 Å². The summed E-state index contributed by atoms with van der Waals surface area (Å²) in [6.45, 7) is 5.81. The first-order valence-corrected chi connectivity index (χ1v) is 7.63. The topological polar surface area (TPSA) is 47.7 Å². The van der Waals surface area contributed by atoms with E-state index in [9.17, 15) is 0 Å². The zero-order valence-electron chi connectivity index (χ0n) is 12.2. The molecule has 4 nitrogen and oxygen atoms in total. The van der Waals surface area contributed by atoms with Crippen molar-refractivity contribution in [3.05, 3.63) is 23.8 Å². The Labute approximate surface area is 120 Å². The van der Waals surface area contributed by atoms with Gasteiger partial charge in [-0.05, 0) is 44.0 Å². The Morgan fingerprint density at radius 2 is 2.05 bits per heavy atom. The molecule has 1 fully saturated rings. The molecule has 1 aromatic rings. The van der Waals surface area contributed by atoms with Crippen molar-refractivity contribution in [2.45, 2.75) is 38.3 Å². The minimum absolute atomic E-state index is 0.0349. The van der Waals surface area contributed by atoms with E-state index in [4.69, 9.17) is 15.2 Å². The van der Waals surface area contributed by atoms with Gasteiger partial charge in [-0.1, -0.05) is 6.07 Å². The van der Waals surface area contributed by atoms with Crippen LogP contribution in [-0.2, 0) is 0 Å².